The van der Waals surface area contributed by atoms with E-state index in [-0.39, 0.29) is 10.8 Å². The average molecular weight is 405 g/mol. The maximum absolute atomic E-state index is 4.53. The second-order valence-electron chi connectivity index (χ2n) is 8.95. The maximum atomic E-state index is 4.53. The zero-order valence-corrected chi connectivity index (χ0v) is 20.7. The van der Waals surface area contributed by atoms with E-state index < -0.39 is 0 Å². The Labute approximate surface area is 184 Å². The third-order valence-electron chi connectivity index (χ3n) is 4.63. The molecule has 0 N–H and O–H groups in total. The zero-order chi connectivity index (χ0) is 22.9. The van der Waals surface area contributed by atoms with Crippen LogP contribution in [0.25, 0.3) is 22.3 Å². The molecule has 1 aromatic heterocycles. The largest absolute Gasteiger partial charge is 0.240 e. The fourth-order valence-corrected chi connectivity index (χ4v) is 2.88. The van der Waals surface area contributed by atoms with E-state index in [4.69, 9.17) is 0 Å². The predicted molar refractivity (Wildman–Crippen MR) is 133 cm³/mol. The quantitative estimate of drug-likeness (QED) is 0.428. The fraction of sp³-hybridized carbons (Fsp3) is 0.429. The number of nitrogens with zero attached hydrogens (tertiary/aromatic N) is 2. The lowest BCUT2D eigenvalue weighted by Crippen LogP contribution is -2.15. The summed E-state index contributed by atoms with van der Waals surface area (Å²) < 4.78 is 0. The first-order chi connectivity index (χ1) is 14.1. The molecular formula is C28H40N2. The van der Waals surface area contributed by atoms with Gasteiger partial charge in [0.25, 0.3) is 0 Å². The molecule has 0 aliphatic rings. The van der Waals surface area contributed by atoms with E-state index in [1.54, 1.807) is 0 Å². The third kappa shape index (κ3) is 6.79. The highest BCUT2D eigenvalue weighted by atomic mass is 14.9. The zero-order valence-electron chi connectivity index (χ0n) is 20.7. The number of aromatic nitrogens is 2. The van der Waals surface area contributed by atoms with Crippen molar-refractivity contribution in [2.45, 2.75) is 80.1 Å². The number of hydrogen-bond donors (Lipinski definition) is 0. The van der Waals surface area contributed by atoms with Crippen LogP contribution in [0.2, 0.25) is 0 Å². The van der Waals surface area contributed by atoms with E-state index in [1.807, 2.05) is 40.1 Å². The first-order valence-electron chi connectivity index (χ1n) is 11.2. The van der Waals surface area contributed by atoms with Crippen molar-refractivity contribution < 1.29 is 0 Å². The van der Waals surface area contributed by atoms with Gasteiger partial charge in [-0.15, -0.1) is 0 Å². The monoisotopic (exact) mass is 404 g/mol. The van der Waals surface area contributed by atoms with Crippen molar-refractivity contribution in [1.29, 1.82) is 0 Å². The molecule has 0 fully saturated rings. The van der Waals surface area contributed by atoms with Gasteiger partial charge in [-0.3, -0.25) is 0 Å². The van der Waals surface area contributed by atoms with Gasteiger partial charge in [0.2, 0.25) is 0 Å². The molecule has 0 aliphatic heterocycles. The first kappa shape index (κ1) is 25.6. The number of benzene rings is 2. The summed E-state index contributed by atoms with van der Waals surface area (Å²) in [5.41, 5.74) is 6.16. The van der Waals surface area contributed by atoms with Crippen LogP contribution in [0.3, 0.4) is 0 Å². The molecule has 30 heavy (non-hydrogen) atoms. The minimum Gasteiger partial charge on any atom is -0.240 e. The van der Waals surface area contributed by atoms with Gasteiger partial charge in [-0.25, -0.2) is 9.97 Å². The van der Waals surface area contributed by atoms with E-state index >= 15 is 0 Å². The van der Waals surface area contributed by atoms with Crippen molar-refractivity contribution in [3.63, 3.8) is 0 Å². The van der Waals surface area contributed by atoms with Crippen molar-refractivity contribution in [3.8, 4) is 22.3 Å². The molecule has 162 valence electrons. The molecule has 2 heteroatoms. The van der Waals surface area contributed by atoms with Gasteiger partial charge in [-0.2, -0.15) is 0 Å². The summed E-state index contributed by atoms with van der Waals surface area (Å²) in [6.45, 7) is 21.1. The Bertz CT molecular complexity index is 784. The molecule has 0 saturated carbocycles. The summed E-state index contributed by atoms with van der Waals surface area (Å²) in [6.07, 6.45) is 3.83. The molecule has 0 unspecified atom stereocenters. The lowest BCUT2D eigenvalue weighted by molar-refractivity contribution is 0.545. The van der Waals surface area contributed by atoms with Gasteiger partial charge in [-0.05, 0) is 27.7 Å². The molecule has 0 bridgehead atoms. The van der Waals surface area contributed by atoms with Crippen molar-refractivity contribution in [2.24, 2.45) is 0 Å². The molecule has 2 aromatic carbocycles. The van der Waals surface area contributed by atoms with Gasteiger partial charge in [0.05, 0.1) is 0 Å². The molecule has 0 radical (unpaired) electrons. The number of hydrogen-bond acceptors (Lipinski definition) is 2. The highest BCUT2D eigenvalue weighted by Crippen LogP contribution is 2.28. The average Bonchev–Trinajstić information content (AvgIpc) is 2.76. The minimum absolute atomic E-state index is 0.0262. The molecule has 0 spiro atoms. The first-order valence-corrected chi connectivity index (χ1v) is 11.2. The fourth-order valence-electron chi connectivity index (χ4n) is 2.88. The Morgan fingerprint density at radius 2 is 0.800 bits per heavy atom. The Morgan fingerprint density at radius 3 is 1.13 bits per heavy atom. The van der Waals surface area contributed by atoms with E-state index in [0.29, 0.717) is 0 Å². The third-order valence-corrected chi connectivity index (χ3v) is 4.63. The Hall–Kier alpha value is -2.48. The van der Waals surface area contributed by atoms with Crippen LogP contribution in [-0.4, -0.2) is 9.97 Å². The second kappa shape index (κ2) is 11.1. The normalized spacial score (nSPS) is 11.0. The van der Waals surface area contributed by atoms with E-state index in [2.05, 4.69) is 100 Å². The van der Waals surface area contributed by atoms with Crippen LogP contribution in [0.4, 0.5) is 0 Å². The highest BCUT2D eigenvalue weighted by Gasteiger charge is 2.17. The lowest BCUT2D eigenvalue weighted by atomic mass is 9.86. The molecule has 3 aromatic rings. The van der Waals surface area contributed by atoms with Crippen LogP contribution in [-0.2, 0) is 10.8 Å². The van der Waals surface area contributed by atoms with E-state index in [9.17, 15) is 0 Å². The molecule has 0 atom stereocenters. The van der Waals surface area contributed by atoms with Crippen molar-refractivity contribution in [2.75, 3.05) is 0 Å². The minimum atomic E-state index is -0.0262. The maximum Gasteiger partial charge on any atom is 0.133 e. The standard InChI is InChI=1S/C24H28N2.2C2H6/c1-23(2,3)21-13-11-18(12-14-21)17-7-9-19(10-8-17)20-15-25-22(26-16-20)24(4,5)6;2*1-2/h7-16H,1-6H3;2*1-2H3. The molecule has 1 heterocycles. The summed E-state index contributed by atoms with van der Waals surface area (Å²) in [5, 5.41) is 0. The topological polar surface area (TPSA) is 25.8 Å². The molecule has 2 nitrogen and oxygen atoms in total. The molecule has 3 rings (SSSR count). The van der Waals surface area contributed by atoms with Crippen LogP contribution in [0.1, 0.15) is 80.6 Å². The second-order valence-corrected chi connectivity index (χ2v) is 8.95. The van der Waals surface area contributed by atoms with Crippen LogP contribution >= 0.6 is 0 Å². The predicted octanol–water partition coefficient (Wildman–Crippen LogP) is 8.46. The Balaban J connectivity index is 0.00000106. The molecular weight excluding hydrogens is 364 g/mol. The smallest absolute Gasteiger partial charge is 0.133 e. The Morgan fingerprint density at radius 1 is 0.467 bits per heavy atom. The summed E-state index contributed by atoms with van der Waals surface area (Å²) in [4.78, 5) is 9.06. The van der Waals surface area contributed by atoms with Crippen LogP contribution in [0.15, 0.2) is 60.9 Å². The van der Waals surface area contributed by atoms with Crippen LogP contribution in [0, 0.1) is 0 Å². The van der Waals surface area contributed by atoms with Crippen LogP contribution < -0.4 is 0 Å². The van der Waals surface area contributed by atoms with E-state index in [1.165, 1.54) is 16.7 Å². The van der Waals surface area contributed by atoms with Gasteiger partial charge < -0.3 is 0 Å². The molecule has 0 aliphatic carbocycles. The Kier molecular flexibility index (Phi) is 9.42. The van der Waals surface area contributed by atoms with Gasteiger partial charge in [-0.1, -0.05) is 118 Å². The summed E-state index contributed by atoms with van der Waals surface area (Å²) in [7, 11) is 0. The van der Waals surface area contributed by atoms with Gasteiger partial charge in [0, 0.05) is 23.4 Å². The highest BCUT2D eigenvalue weighted by molar-refractivity contribution is 5.69. The summed E-state index contributed by atoms with van der Waals surface area (Å²) >= 11 is 0. The summed E-state index contributed by atoms with van der Waals surface area (Å²) in [6, 6.07) is 17.5. The summed E-state index contributed by atoms with van der Waals surface area (Å²) in [5.74, 6) is 0.872. The number of rotatable bonds is 2. The van der Waals surface area contributed by atoms with E-state index in [0.717, 1.165) is 17.0 Å². The molecule has 0 saturated heterocycles. The van der Waals surface area contributed by atoms with Gasteiger partial charge in [0.15, 0.2) is 0 Å². The SMILES string of the molecule is CC.CC.CC(C)(C)c1ccc(-c2ccc(-c3cnc(C(C)(C)C)nc3)cc2)cc1. The lowest BCUT2D eigenvalue weighted by Gasteiger charge is -2.19. The van der Waals surface area contributed by atoms with Gasteiger partial charge in [0.1, 0.15) is 5.82 Å². The van der Waals surface area contributed by atoms with Crippen LogP contribution in [0.5, 0.6) is 0 Å². The van der Waals surface area contributed by atoms with Crippen molar-refractivity contribution >= 4 is 0 Å². The van der Waals surface area contributed by atoms with Gasteiger partial charge >= 0.3 is 0 Å². The van der Waals surface area contributed by atoms with Crippen molar-refractivity contribution in [3.05, 3.63) is 72.3 Å². The van der Waals surface area contributed by atoms with Crippen molar-refractivity contribution in [1.82, 2.24) is 9.97 Å². The molecule has 0 amide bonds.